The van der Waals surface area contributed by atoms with Crippen LogP contribution in [0.15, 0.2) is 72.8 Å². The highest BCUT2D eigenvalue weighted by atomic mass is 35.5. The van der Waals surface area contributed by atoms with E-state index >= 15 is 0 Å². The largest absolute Gasteiger partial charge is 0.321 e. The van der Waals surface area contributed by atoms with Crippen molar-refractivity contribution in [2.75, 3.05) is 15.8 Å². The fourth-order valence-corrected chi connectivity index (χ4v) is 4.16. The second-order valence-corrected chi connectivity index (χ2v) is 9.29. The van der Waals surface area contributed by atoms with Crippen molar-refractivity contribution in [3.63, 3.8) is 0 Å². The van der Waals surface area contributed by atoms with Gasteiger partial charge in [0.15, 0.2) is 0 Å². The van der Waals surface area contributed by atoms with E-state index in [0.717, 1.165) is 16.7 Å². The number of anilines is 2. The zero-order chi connectivity index (χ0) is 21.3. The number of rotatable bonds is 5. The monoisotopic (exact) mass is 438 g/mol. The van der Waals surface area contributed by atoms with Crippen LogP contribution in [0.25, 0.3) is 11.1 Å². The summed E-state index contributed by atoms with van der Waals surface area (Å²) < 4.78 is 26.6. The topological polar surface area (TPSA) is 75.3 Å². The molecule has 0 aliphatic carbocycles. The van der Waals surface area contributed by atoms with Crippen LogP contribution >= 0.6 is 11.6 Å². The van der Waals surface area contributed by atoms with Crippen molar-refractivity contribution in [2.45, 2.75) is 6.92 Å². The third-order valence-electron chi connectivity index (χ3n) is 4.86. The fraction of sp³-hybridized carbons (Fsp3) is 0.0870. The number of benzene rings is 3. The Balaban J connectivity index is 1.95. The minimum absolute atomic E-state index is 0.0377. The molecule has 0 saturated heterocycles. The van der Waals surface area contributed by atoms with Crippen LogP contribution in [0.2, 0.25) is 5.02 Å². The molecule has 0 saturated carbocycles. The molecule has 0 radical (unpaired) electrons. The maximum absolute atomic E-state index is 13.0. The maximum atomic E-state index is 13.0. The van der Waals surface area contributed by atoms with E-state index in [0.29, 0.717) is 27.5 Å². The van der Waals surface area contributed by atoms with Gasteiger partial charge < -0.3 is 5.32 Å². The van der Waals surface area contributed by atoms with E-state index < -0.39 is 10.0 Å². The number of sulfonamides is 1. The van der Waals surface area contributed by atoms with Crippen molar-refractivity contribution >= 4 is 50.1 Å². The Morgan fingerprint density at radius 1 is 0.967 bits per heavy atom. The number of carbonyl (C=O) groups excluding carboxylic acids is 1. The van der Waals surface area contributed by atoms with Crippen LogP contribution in [0.1, 0.15) is 23.6 Å². The van der Waals surface area contributed by atoms with Gasteiger partial charge in [0.25, 0.3) is 5.91 Å². The lowest BCUT2D eigenvalue weighted by Gasteiger charge is -2.13. The maximum Gasteiger partial charge on any atom is 0.257 e. The molecule has 1 aliphatic heterocycles. The van der Waals surface area contributed by atoms with Crippen molar-refractivity contribution in [3.05, 3.63) is 94.5 Å². The molecule has 0 fully saturated rings. The van der Waals surface area contributed by atoms with Crippen molar-refractivity contribution in [1.29, 1.82) is 0 Å². The number of carbonyl (C=O) groups is 1. The van der Waals surface area contributed by atoms with Crippen LogP contribution in [-0.4, -0.2) is 20.1 Å². The molecule has 3 aromatic rings. The van der Waals surface area contributed by atoms with E-state index in [1.165, 1.54) is 0 Å². The highest BCUT2D eigenvalue weighted by Crippen LogP contribution is 2.41. The highest BCUT2D eigenvalue weighted by molar-refractivity contribution is 7.92. The molecule has 0 atom stereocenters. The van der Waals surface area contributed by atoms with Gasteiger partial charge in [-0.3, -0.25) is 9.52 Å². The molecule has 30 heavy (non-hydrogen) atoms. The first-order valence-electron chi connectivity index (χ1n) is 9.40. The van der Waals surface area contributed by atoms with Crippen LogP contribution < -0.4 is 10.0 Å². The van der Waals surface area contributed by atoms with Gasteiger partial charge in [0.1, 0.15) is 0 Å². The molecule has 1 amide bonds. The second-order valence-electron chi connectivity index (χ2n) is 6.84. The van der Waals surface area contributed by atoms with Gasteiger partial charge in [-0.05, 0) is 48.4 Å². The summed E-state index contributed by atoms with van der Waals surface area (Å²) in [4.78, 5) is 13.0. The molecule has 0 spiro atoms. The summed E-state index contributed by atoms with van der Waals surface area (Å²) in [7, 11) is -3.44. The van der Waals surface area contributed by atoms with Crippen LogP contribution in [-0.2, 0) is 14.8 Å². The van der Waals surface area contributed by atoms with Gasteiger partial charge >= 0.3 is 0 Å². The standard InChI is InChI=1S/C23H19ClN2O3S/c1-2-30(28,29)26-18-12-13-20-19(14-18)22(23(27)25-20)21(15-6-4-3-5-7-15)16-8-10-17(24)11-9-16/h3-14,26H,2H2,1H3,(H,25,27). The average molecular weight is 439 g/mol. The smallest absolute Gasteiger partial charge is 0.257 e. The number of nitrogens with one attached hydrogen (secondary N) is 2. The second kappa shape index (κ2) is 7.97. The summed E-state index contributed by atoms with van der Waals surface area (Å²) in [5, 5.41) is 3.48. The zero-order valence-corrected chi connectivity index (χ0v) is 17.7. The molecule has 0 bridgehead atoms. The fourth-order valence-electron chi connectivity index (χ4n) is 3.41. The third-order valence-corrected chi connectivity index (χ3v) is 6.42. The Morgan fingerprint density at radius 2 is 1.63 bits per heavy atom. The number of hydrogen-bond acceptors (Lipinski definition) is 3. The number of hydrogen-bond donors (Lipinski definition) is 2. The predicted octanol–water partition coefficient (Wildman–Crippen LogP) is 5.01. The minimum atomic E-state index is -3.44. The lowest BCUT2D eigenvalue weighted by molar-refractivity contribution is -0.110. The van der Waals surface area contributed by atoms with E-state index in [1.807, 2.05) is 42.5 Å². The Bertz CT molecular complexity index is 1250. The van der Waals surface area contributed by atoms with Crippen molar-refractivity contribution in [3.8, 4) is 0 Å². The first kappa shape index (κ1) is 20.2. The number of fused-ring (bicyclic) bond motifs is 1. The van der Waals surface area contributed by atoms with Gasteiger partial charge in [0, 0.05) is 27.5 Å². The van der Waals surface area contributed by atoms with Gasteiger partial charge in [-0.25, -0.2) is 8.42 Å². The normalized spacial score (nSPS) is 14.8. The molecule has 3 aromatic carbocycles. The Kier molecular flexibility index (Phi) is 5.37. The third kappa shape index (κ3) is 3.97. The Labute approximate surface area is 180 Å². The molecule has 1 aliphatic rings. The molecule has 2 N–H and O–H groups in total. The summed E-state index contributed by atoms with van der Waals surface area (Å²) in [5.41, 5.74) is 4.63. The van der Waals surface area contributed by atoms with E-state index in [-0.39, 0.29) is 11.7 Å². The summed E-state index contributed by atoms with van der Waals surface area (Å²) in [6.45, 7) is 1.57. The van der Waals surface area contributed by atoms with Gasteiger partial charge in [-0.15, -0.1) is 0 Å². The van der Waals surface area contributed by atoms with Gasteiger partial charge in [-0.1, -0.05) is 54.1 Å². The number of halogens is 1. The van der Waals surface area contributed by atoms with E-state index in [2.05, 4.69) is 10.0 Å². The lowest BCUT2D eigenvalue weighted by Crippen LogP contribution is -2.14. The van der Waals surface area contributed by atoms with E-state index in [9.17, 15) is 13.2 Å². The summed E-state index contributed by atoms with van der Waals surface area (Å²) in [5.74, 6) is -0.279. The van der Waals surface area contributed by atoms with E-state index in [1.54, 1.807) is 37.3 Å². The summed E-state index contributed by atoms with van der Waals surface area (Å²) in [6.07, 6.45) is 0. The minimum Gasteiger partial charge on any atom is -0.321 e. The lowest BCUT2D eigenvalue weighted by atomic mass is 9.90. The van der Waals surface area contributed by atoms with Crippen LogP contribution in [0, 0.1) is 0 Å². The van der Waals surface area contributed by atoms with Crippen molar-refractivity contribution in [1.82, 2.24) is 0 Å². The molecule has 5 nitrogen and oxygen atoms in total. The molecular weight excluding hydrogens is 420 g/mol. The molecular formula is C23H19ClN2O3S. The van der Waals surface area contributed by atoms with Crippen LogP contribution in [0.4, 0.5) is 11.4 Å². The van der Waals surface area contributed by atoms with Gasteiger partial charge in [0.2, 0.25) is 10.0 Å². The summed E-state index contributed by atoms with van der Waals surface area (Å²) >= 11 is 6.07. The van der Waals surface area contributed by atoms with Crippen LogP contribution in [0.3, 0.4) is 0 Å². The summed E-state index contributed by atoms with van der Waals surface area (Å²) in [6, 6.07) is 21.9. The highest BCUT2D eigenvalue weighted by Gasteiger charge is 2.29. The van der Waals surface area contributed by atoms with Crippen molar-refractivity contribution < 1.29 is 13.2 Å². The first-order chi connectivity index (χ1) is 14.4. The Morgan fingerprint density at radius 3 is 2.30 bits per heavy atom. The average Bonchev–Trinajstić information content (AvgIpc) is 3.05. The molecule has 0 aromatic heterocycles. The van der Waals surface area contributed by atoms with Crippen LogP contribution in [0.5, 0.6) is 0 Å². The molecule has 4 rings (SSSR count). The van der Waals surface area contributed by atoms with Gasteiger partial charge in [0.05, 0.1) is 11.3 Å². The van der Waals surface area contributed by atoms with Gasteiger partial charge in [-0.2, -0.15) is 0 Å². The number of amides is 1. The predicted molar refractivity (Wildman–Crippen MR) is 122 cm³/mol. The van der Waals surface area contributed by atoms with E-state index in [4.69, 9.17) is 11.6 Å². The van der Waals surface area contributed by atoms with Crippen molar-refractivity contribution in [2.24, 2.45) is 0 Å². The first-order valence-corrected chi connectivity index (χ1v) is 11.4. The quantitative estimate of drug-likeness (QED) is 0.549. The molecule has 152 valence electrons. The molecule has 0 unspecified atom stereocenters. The molecule has 1 heterocycles. The Hall–Kier alpha value is -3.09. The zero-order valence-electron chi connectivity index (χ0n) is 16.1. The SMILES string of the molecule is CCS(=O)(=O)Nc1ccc2c(c1)C(=C(c1ccccc1)c1ccc(Cl)cc1)C(=O)N2. The molecule has 7 heteroatoms.